The second kappa shape index (κ2) is 6.83. The van der Waals surface area contributed by atoms with Crippen LogP contribution in [0.15, 0.2) is 6.20 Å². The molecule has 0 aliphatic carbocycles. The summed E-state index contributed by atoms with van der Waals surface area (Å²) in [5.41, 5.74) is 9.99. The van der Waals surface area contributed by atoms with Crippen molar-refractivity contribution in [2.45, 2.75) is 19.9 Å². The number of hydrazine groups is 1. The number of likely N-dealkylation sites (N-methyl/N-ethyl adjacent to an activating group) is 1. The molecular weight excluding hydrogens is 256 g/mol. The van der Waals surface area contributed by atoms with Gasteiger partial charge in [0.2, 0.25) is 0 Å². The van der Waals surface area contributed by atoms with E-state index in [0.717, 1.165) is 44.8 Å². The van der Waals surface area contributed by atoms with Crippen LogP contribution in [0.4, 0.5) is 0 Å². The highest BCUT2D eigenvalue weighted by molar-refractivity contribution is 5.94. The summed E-state index contributed by atoms with van der Waals surface area (Å²) in [5, 5.41) is 6.22. The molecule has 1 aromatic heterocycles. The van der Waals surface area contributed by atoms with Crippen molar-refractivity contribution >= 4 is 5.91 Å². The Balaban J connectivity index is 1.93. The number of piperazine rings is 1. The Morgan fingerprint density at radius 2 is 2.10 bits per heavy atom. The van der Waals surface area contributed by atoms with E-state index in [2.05, 4.69) is 22.5 Å². The molecule has 112 valence electrons. The van der Waals surface area contributed by atoms with Crippen LogP contribution in [0, 0.1) is 6.92 Å². The molecule has 0 spiro atoms. The number of nitrogens with two attached hydrogens (primary N) is 1. The third kappa shape index (κ3) is 3.56. The molecule has 1 amide bonds. The lowest BCUT2D eigenvalue weighted by Crippen LogP contribution is -2.52. The van der Waals surface area contributed by atoms with Crippen LogP contribution >= 0.6 is 0 Å². The summed E-state index contributed by atoms with van der Waals surface area (Å²) in [4.78, 5) is 14.5. The van der Waals surface area contributed by atoms with Gasteiger partial charge in [0.25, 0.3) is 5.91 Å². The molecule has 7 nitrogen and oxygen atoms in total. The first-order valence-electron chi connectivity index (χ1n) is 7.08. The van der Waals surface area contributed by atoms with Gasteiger partial charge < -0.3 is 10.6 Å². The number of aromatic nitrogens is 2. The fourth-order valence-electron chi connectivity index (χ4n) is 2.26. The largest absolute Gasteiger partial charge is 0.330 e. The summed E-state index contributed by atoms with van der Waals surface area (Å²) >= 11 is 0. The number of carbonyl (C=O) groups is 1. The second-order valence-electron chi connectivity index (χ2n) is 5.24. The van der Waals surface area contributed by atoms with Crippen LogP contribution in [-0.2, 0) is 6.54 Å². The lowest BCUT2D eigenvalue weighted by Gasteiger charge is -2.32. The second-order valence-corrected chi connectivity index (χ2v) is 5.24. The predicted octanol–water partition coefficient (Wildman–Crippen LogP) is -0.567. The Labute approximate surface area is 119 Å². The number of carbonyl (C=O) groups excluding carboxylic acids is 1. The Morgan fingerprint density at radius 1 is 1.40 bits per heavy atom. The SMILES string of the molecule is Cc1c(C(=O)NN2CCN(C)CC2)cnn1CCCN. The molecule has 1 saturated heterocycles. The van der Waals surface area contributed by atoms with E-state index in [-0.39, 0.29) is 5.91 Å². The molecule has 7 heteroatoms. The van der Waals surface area contributed by atoms with Crippen molar-refractivity contribution in [2.75, 3.05) is 39.8 Å². The van der Waals surface area contributed by atoms with E-state index in [4.69, 9.17) is 5.73 Å². The zero-order chi connectivity index (χ0) is 14.5. The first kappa shape index (κ1) is 15.0. The quantitative estimate of drug-likeness (QED) is 0.755. The predicted molar refractivity (Wildman–Crippen MR) is 77.2 cm³/mol. The molecule has 1 aliphatic rings. The van der Waals surface area contributed by atoms with Crippen LogP contribution in [0.5, 0.6) is 0 Å². The summed E-state index contributed by atoms with van der Waals surface area (Å²) in [6, 6.07) is 0. The van der Waals surface area contributed by atoms with Crippen LogP contribution in [0.3, 0.4) is 0 Å². The number of nitrogens with one attached hydrogen (secondary N) is 1. The molecule has 0 radical (unpaired) electrons. The van der Waals surface area contributed by atoms with E-state index >= 15 is 0 Å². The maximum absolute atomic E-state index is 12.3. The smallest absolute Gasteiger partial charge is 0.269 e. The first-order valence-corrected chi connectivity index (χ1v) is 7.08. The molecule has 0 bridgehead atoms. The molecule has 1 aromatic rings. The van der Waals surface area contributed by atoms with Gasteiger partial charge in [-0.3, -0.25) is 14.9 Å². The van der Waals surface area contributed by atoms with E-state index in [1.165, 1.54) is 0 Å². The van der Waals surface area contributed by atoms with Gasteiger partial charge in [0.15, 0.2) is 0 Å². The number of hydrogen-bond donors (Lipinski definition) is 2. The molecule has 1 aliphatic heterocycles. The Hall–Kier alpha value is -1.44. The van der Waals surface area contributed by atoms with Crippen LogP contribution in [-0.4, -0.2) is 65.4 Å². The molecule has 3 N–H and O–H groups in total. The van der Waals surface area contributed by atoms with Gasteiger partial charge in [0.1, 0.15) is 0 Å². The van der Waals surface area contributed by atoms with E-state index in [0.29, 0.717) is 12.1 Å². The molecule has 0 unspecified atom stereocenters. The average molecular weight is 280 g/mol. The highest BCUT2D eigenvalue weighted by Crippen LogP contribution is 2.08. The molecule has 0 aromatic carbocycles. The van der Waals surface area contributed by atoms with Crippen molar-refractivity contribution < 1.29 is 4.79 Å². The van der Waals surface area contributed by atoms with Gasteiger partial charge in [-0.25, -0.2) is 5.01 Å². The molecule has 20 heavy (non-hydrogen) atoms. The molecule has 0 atom stereocenters. The third-order valence-electron chi connectivity index (χ3n) is 3.68. The average Bonchev–Trinajstić information content (AvgIpc) is 2.80. The summed E-state index contributed by atoms with van der Waals surface area (Å²) in [5.74, 6) is -0.0777. The first-order chi connectivity index (χ1) is 9.61. The van der Waals surface area contributed by atoms with Crippen molar-refractivity contribution in [3.8, 4) is 0 Å². The minimum Gasteiger partial charge on any atom is -0.330 e. The fraction of sp³-hybridized carbons (Fsp3) is 0.692. The number of nitrogens with zero attached hydrogens (tertiary/aromatic N) is 4. The molecular formula is C13H24N6O. The zero-order valence-electron chi connectivity index (χ0n) is 12.3. The zero-order valence-corrected chi connectivity index (χ0v) is 12.3. The minimum absolute atomic E-state index is 0.0777. The Morgan fingerprint density at radius 3 is 2.75 bits per heavy atom. The molecule has 1 fully saturated rings. The molecule has 2 heterocycles. The fourth-order valence-corrected chi connectivity index (χ4v) is 2.26. The van der Waals surface area contributed by atoms with E-state index in [1.807, 2.05) is 16.6 Å². The van der Waals surface area contributed by atoms with Gasteiger partial charge in [0, 0.05) is 38.4 Å². The Kier molecular flexibility index (Phi) is 5.11. The number of aryl methyl sites for hydroxylation is 1. The van der Waals surface area contributed by atoms with Gasteiger partial charge in [0.05, 0.1) is 11.8 Å². The van der Waals surface area contributed by atoms with Crippen molar-refractivity contribution in [3.63, 3.8) is 0 Å². The standard InChI is InChI=1S/C13H24N6O/c1-11-12(10-15-19(11)5-3-4-14)13(20)16-18-8-6-17(2)7-9-18/h10H,3-9,14H2,1-2H3,(H,16,20). The van der Waals surface area contributed by atoms with E-state index in [9.17, 15) is 4.79 Å². The van der Waals surface area contributed by atoms with Gasteiger partial charge in [-0.2, -0.15) is 5.10 Å². The van der Waals surface area contributed by atoms with Gasteiger partial charge in [-0.1, -0.05) is 0 Å². The number of amides is 1. The monoisotopic (exact) mass is 280 g/mol. The number of hydrogen-bond acceptors (Lipinski definition) is 5. The summed E-state index contributed by atoms with van der Waals surface area (Å²) in [7, 11) is 2.09. The maximum atomic E-state index is 12.3. The summed E-state index contributed by atoms with van der Waals surface area (Å²) in [6.07, 6.45) is 2.50. The minimum atomic E-state index is -0.0777. The third-order valence-corrected chi connectivity index (χ3v) is 3.68. The van der Waals surface area contributed by atoms with Crippen LogP contribution < -0.4 is 11.2 Å². The topological polar surface area (TPSA) is 79.4 Å². The van der Waals surface area contributed by atoms with Crippen LogP contribution in [0.2, 0.25) is 0 Å². The maximum Gasteiger partial charge on any atom is 0.269 e. The van der Waals surface area contributed by atoms with Crippen molar-refractivity contribution in [3.05, 3.63) is 17.5 Å². The lowest BCUT2D eigenvalue weighted by molar-refractivity contribution is 0.0662. The molecule has 2 rings (SSSR count). The van der Waals surface area contributed by atoms with E-state index < -0.39 is 0 Å². The van der Waals surface area contributed by atoms with Crippen LogP contribution in [0.25, 0.3) is 0 Å². The van der Waals surface area contributed by atoms with Crippen molar-refractivity contribution in [1.82, 2.24) is 25.1 Å². The number of rotatable bonds is 5. The van der Waals surface area contributed by atoms with Gasteiger partial charge >= 0.3 is 0 Å². The van der Waals surface area contributed by atoms with Crippen molar-refractivity contribution in [1.29, 1.82) is 0 Å². The van der Waals surface area contributed by atoms with Crippen LogP contribution in [0.1, 0.15) is 22.5 Å². The van der Waals surface area contributed by atoms with E-state index in [1.54, 1.807) is 6.20 Å². The normalized spacial score (nSPS) is 17.4. The lowest BCUT2D eigenvalue weighted by atomic mass is 10.2. The highest BCUT2D eigenvalue weighted by Gasteiger charge is 2.19. The van der Waals surface area contributed by atoms with Crippen molar-refractivity contribution in [2.24, 2.45) is 5.73 Å². The van der Waals surface area contributed by atoms with Gasteiger partial charge in [-0.15, -0.1) is 0 Å². The molecule has 0 saturated carbocycles. The summed E-state index contributed by atoms with van der Waals surface area (Å²) in [6.45, 7) is 6.93. The summed E-state index contributed by atoms with van der Waals surface area (Å²) < 4.78 is 1.84. The Bertz CT molecular complexity index is 450. The van der Waals surface area contributed by atoms with Gasteiger partial charge in [-0.05, 0) is 26.9 Å². The highest BCUT2D eigenvalue weighted by atomic mass is 16.2.